The lowest BCUT2D eigenvalue weighted by atomic mass is 10.2. The van der Waals surface area contributed by atoms with E-state index >= 15 is 0 Å². The van der Waals surface area contributed by atoms with E-state index in [0.717, 1.165) is 32.7 Å². The topological polar surface area (TPSA) is 33.3 Å². The van der Waals surface area contributed by atoms with Gasteiger partial charge >= 0.3 is 0 Å². The molecule has 0 unspecified atom stereocenters. The van der Waals surface area contributed by atoms with E-state index in [1.165, 1.54) is 0 Å². The second kappa shape index (κ2) is 6.85. The molecule has 1 rings (SSSR count). The first-order valence-electron chi connectivity index (χ1n) is 3.86. The normalized spacial score (nSPS) is 24.3. The molecule has 0 radical (unpaired) electrons. The highest BCUT2D eigenvalue weighted by molar-refractivity contribution is 5.85. The molecule has 1 heterocycles. The molecular formula is C7H17ClN2O. The van der Waals surface area contributed by atoms with Crippen LogP contribution in [-0.2, 0) is 4.74 Å². The van der Waals surface area contributed by atoms with E-state index in [0.29, 0.717) is 6.04 Å². The van der Waals surface area contributed by atoms with Crippen LogP contribution in [0.5, 0.6) is 0 Å². The highest BCUT2D eigenvalue weighted by Gasteiger charge is 2.10. The largest absolute Gasteiger partial charge is 0.385 e. The molecule has 0 bridgehead atoms. The smallest absolute Gasteiger partial charge is 0.0477 e. The molecule has 3 nitrogen and oxygen atoms in total. The summed E-state index contributed by atoms with van der Waals surface area (Å²) in [7, 11) is 1.75. The Hall–Kier alpha value is 0.170. The van der Waals surface area contributed by atoms with Gasteiger partial charge in [-0.1, -0.05) is 0 Å². The molecule has 68 valence electrons. The molecular weight excluding hydrogens is 164 g/mol. The van der Waals surface area contributed by atoms with Crippen LogP contribution >= 0.6 is 12.4 Å². The Kier molecular flexibility index (Phi) is 6.96. The molecule has 1 fully saturated rings. The number of hydrogen-bond donors (Lipinski definition) is 2. The second-order valence-corrected chi connectivity index (χ2v) is 2.64. The van der Waals surface area contributed by atoms with Gasteiger partial charge in [0.1, 0.15) is 0 Å². The maximum absolute atomic E-state index is 4.98. The second-order valence-electron chi connectivity index (χ2n) is 2.64. The number of methoxy groups -OCH3 is 1. The van der Waals surface area contributed by atoms with E-state index < -0.39 is 0 Å². The Morgan fingerprint density at radius 2 is 2.27 bits per heavy atom. The van der Waals surface area contributed by atoms with Crippen molar-refractivity contribution in [2.24, 2.45) is 0 Å². The SMILES string of the molecule is COCC[C@@H]1CNCCN1.Cl. The number of piperazine rings is 1. The molecule has 1 aliphatic rings. The maximum Gasteiger partial charge on any atom is 0.0477 e. The van der Waals surface area contributed by atoms with Crippen LogP contribution in [0.15, 0.2) is 0 Å². The first-order chi connectivity index (χ1) is 4.93. The van der Waals surface area contributed by atoms with Gasteiger partial charge in [0.05, 0.1) is 0 Å². The number of nitrogens with one attached hydrogen (secondary N) is 2. The molecule has 0 saturated carbocycles. The lowest BCUT2D eigenvalue weighted by Crippen LogP contribution is -2.48. The zero-order chi connectivity index (χ0) is 7.23. The van der Waals surface area contributed by atoms with Gasteiger partial charge in [0.15, 0.2) is 0 Å². The summed E-state index contributed by atoms with van der Waals surface area (Å²) in [4.78, 5) is 0. The van der Waals surface area contributed by atoms with Crippen molar-refractivity contribution in [3.8, 4) is 0 Å². The van der Waals surface area contributed by atoms with Crippen molar-refractivity contribution in [3.05, 3.63) is 0 Å². The van der Waals surface area contributed by atoms with Gasteiger partial charge in [-0.2, -0.15) is 0 Å². The van der Waals surface area contributed by atoms with Gasteiger partial charge in [-0.25, -0.2) is 0 Å². The summed E-state index contributed by atoms with van der Waals surface area (Å²) in [5.41, 5.74) is 0. The van der Waals surface area contributed by atoms with Crippen molar-refractivity contribution in [2.45, 2.75) is 12.5 Å². The van der Waals surface area contributed by atoms with Crippen molar-refractivity contribution in [1.29, 1.82) is 0 Å². The fourth-order valence-electron chi connectivity index (χ4n) is 1.18. The zero-order valence-electron chi connectivity index (χ0n) is 6.93. The first kappa shape index (κ1) is 11.2. The maximum atomic E-state index is 4.98. The predicted octanol–water partition coefficient (Wildman–Crippen LogP) is 0.00610. The Bertz CT molecular complexity index is 86.5. The minimum Gasteiger partial charge on any atom is -0.385 e. The van der Waals surface area contributed by atoms with Crippen molar-refractivity contribution in [1.82, 2.24) is 10.6 Å². The van der Waals surface area contributed by atoms with Crippen LogP contribution in [0.25, 0.3) is 0 Å². The molecule has 1 atom stereocenters. The summed E-state index contributed by atoms with van der Waals surface area (Å²) in [6.07, 6.45) is 1.11. The average molecular weight is 181 g/mol. The van der Waals surface area contributed by atoms with Crippen LogP contribution < -0.4 is 10.6 Å². The minimum absolute atomic E-state index is 0. The van der Waals surface area contributed by atoms with Crippen LogP contribution in [0.3, 0.4) is 0 Å². The molecule has 11 heavy (non-hydrogen) atoms. The Morgan fingerprint density at radius 3 is 2.82 bits per heavy atom. The van der Waals surface area contributed by atoms with Gasteiger partial charge in [-0.05, 0) is 6.42 Å². The molecule has 0 aliphatic carbocycles. The third-order valence-corrected chi connectivity index (χ3v) is 1.80. The summed E-state index contributed by atoms with van der Waals surface area (Å²) in [5.74, 6) is 0. The van der Waals surface area contributed by atoms with Crippen molar-refractivity contribution in [2.75, 3.05) is 33.4 Å². The number of halogens is 1. The number of hydrogen-bond acceptors (Lipinski definition) is 3. The van der Waals surface area contributed by atoms with Crippen LogP contribution in [0, 0.1) is 0 Å². The van der Waals surface area contributed by atoms with Crippen LogP contribution in [0.2, 0.25) is 0 Å². The summed E-state index contributed by atoms with van der Waals surface area (Å²) in [6.45, 7) is 4.14. The van der Waals surface area contributed by atoms with Crippen LogP contribution in [0.4, 0.5) is 0 Å². The van der Waals surface area contributed by atoms with Gasteiger partial charge in [-0.3, -0.25) is 0 Å². The zero-order valence-corrected chi connectivity index (χ0v) is 7.75. The summed E-state index contributed by atoms with van der Waals surface area (Å²) in [5, 5.41) is 6.74. The molecule has 1 aliphatic heterocycles. The van der Waals surface area contributed by atoms with E-state index in [-0.39, 0.29) is 12.4 Å². The molecule has 4 heteroatoms. The van der Waals surface area contributed by atoms with Gasteiger partial charge in [-0.15, -0.1) is 12.4 Å². The summed E-state index contributed by atoms with van der Waals surface area (Å²) >= 11 is 0. The van der Waals surface area contributed by atoms with Crippen molar-refractivity contribution < 1.29 is 4.74 Å². The predicted molar refractivity (Wildman–Crippen MR) is 48.4 cm³/mol. The van der Waals surface area contributed by atoms with Crippen LogP contribution in [-0.4, -0.2) is 39.4 Å². The average Bonchev–Trinajstić information content (AvgIpc) is 2.03. The highest BCUT2D eigenvalue weighted by atomic mass is 35.5. The van der Waals surface area contributed by atoms with Crippen LogP contribution in [0.1, 0.15) is 6.42 Å². The van der Waals surface area contributed by atoms with E-state index in [1.807, 2.05) is 0 Å². The van der Waals surface area contributed by atoms with Crippen molar-refractivity contribution >= 4 is 12.4 Å². The molecule has 1 saturated heterocycles. The third-order valence-electron chi connectivity index (χ3n) is 1.80. The molecule has 0 aromatic carbocycles. The lowest BCUT2D eigenvalue weighted by molar-refractivity contribution is 0.179. The monoisotopic (exact) mass is 180 g/mol. The molecule has 0 aromatic rings. The van der Waals surface area contributed by atoms with Crippen molar-refractivity contribution in [3.63, 3.8) is 0 Å². The molecule has 0 amide bonds. The van der Waals surface area contributed by atoms with E-state index in [1.54, 1.807) is 7.11 Å². The summed E-state index contributed by atoms with van der Waals surface area (Å²) in [6, 6.07) is 0.619. The Morgan fingerprint density at radius 1 is 1.45 bits per heavy atom. The Balaban J connectivity index is 0.000001000. The molecule has 0 aromatic heterocycles. The molecule has 2 N–H and O–H groups in total. The fraction of sp³-hybridized carbons (Fsp3) is 1.00. The first-order valence-corrected chi connectivity index (χ1v) is 3.86. The van der Waals surface area contributed by atoms with Gasteiger partial charge in [0.25, 0.3) is 0 Å². The van der Waals surface area contributed by atoms with E-state index in [9.17, 15) is 0 Å². The van der Waals surface area contributed by atoms with Gasteiger partial charge < -0.3 is 15.4 Å². The van der Waals surface area contributed by atoms with Gasteiger partial charge in [0, 0.05) is 39.4 Å². The van der Waals surface area contributed by atoms with E-state index in [2.05, 4.69) is 10.6 Å². The number of rotatable bonds is 3. The summed E-state index contributed by atoms with van der Waals surface area (Å²) < 4.78 is 4.98. The van der Waals surface area contributed by atoms with E-state index in [4.69, 9.17) is 4.74 Å². The number of ether oxygens (including phenoxy) is 1. The van der Waals surface area contributed by atoms with Gasteiger partial charge in [0.2, 0.25) is 0 Å². The highest BCUT2D eigenvalue weighted by Crippen LogP contribution is 1.93. The minimum atomic E-state index is 0. The standard InChI is InChI=1S/C7H16N2O.ClH/c1-10-5-2-7-6-8-3-4-9-7;/h7-9H,2-6H2,1H3;1H/t7-;/m1./s1. The Labute approximate surface area is 74.3 Å². The third kappa shape index (κ3) is 4.58. The lowest BCUT2D eigenvalue weighted by Gasteiger charge is -2.23. The fourth-order valence-corrected chi connectivity index (χ4v) is 1.18. The molecule has 0 spiro atoms. The quantitative estimate of drug-likeness (QED) is 0.642.